The topological polar surface area (TPSA) is 86.7 Å². The average Bonchev–Trinajstić information content (AvgIpc) is 3.02. The van der Waals surface area contributed by atoms with E-state index in [4.69, 9.17) is 0 Å². The number of carbonyl (C=O) groups excluding carboxylic acids is 2. The van der Waals surface area contributed by atoms with Crippen molar-refractivity contribution in [3.05, 3.63) is 76.4 Å². The Morgan fingerprint density at radius 1 is 0.917 bits per heavy atom. The van der Waals surface area contributed by atoms with E-state index in [2.05, 4.69) is 66.0 Å². The normalized spacial score (nSPS) is 16.0. The fourth-order valence-corrected chi connectivity index (χ4v) is 4.78. The van der Waals surface area contributed by atoms with Gasteiger partial charge in [-0.3, -0.25) is 9.59 Å². The van der Waals surface area contributed by atoms with Crippen molar-refractivity contribution < 1.29 is 19.5 Å². The maximum absolute atomic E-state index is 12.9. The van der Waals surface area contributed by atoms with E-state index in [0.717, 1.165) is 12.8 Å². The van der Waals surface area contributed by atoms with E-state index in [1.807, 2.05) is 4.90 Å². The van der Waals surface area contributed by atoms with Gasteiger partial charge in [0.15, 0.2) is 0 Å². The highest BCUT2D eigenvalue weighted by molar-refractivity contribution is 5.95. The molecule has 0 aromatic heterocycles. The number of hydrogen-bond donors (Lipinski definition) is 2. The van der Waals surface area contributed by atoms with Crippen LogP contribution in [0.3, 0.4) is 0 Å². The van der Waals surface area contributed by atoms with Gasteiger partial charge in [-0.2, -0.15) is 0 Å². The number of rotatable bonds is 5. The minimum Gasteiger partial charge on any atom is -0.480 e. The van der Waals surface area contributed by atoms with Crippen LogP contribution in [0.25, 0.3) is 17.7 Å². The number of likely N-dealkylation sites (tertiary alicyclic amines) is 1. The van der Waals surface area contributed by atoms with Gasteiger partial charge in [0.1, 0.15) is 6.04 Å². The number of piperidine rings is 1. The van der Waals surface area contributed by atoms with Crippen LogP contribution in [0.5, 0.6) is 0 Å². The van der Waals surface area contributed by atoms with Crippen LogP contribution in [0.2, 0.25) is 0 Å². The molecular formula is C30H34N2O4. The molecular weight excluding hydrogens is 452 g/mol. The molecule has 1 aliphatic carbocycles. The van der Waals surface area contributed by atoms with Gasteiger partial charge < -0.3 is 15.3 Å². The van der Waals surface area contributed by atoms with Crippen LogP contribution in [-0.4, -0.2) is 46.9 Å². The third-order valence-electron chi connectivity index (χ3n) is 6.91. The smallest absolute Gasteiger partial charge is 0.326 e. The minimum atomic E-state index is -1.12. The van der Waals surface area contributed by atoms with Crippen LogP contribution in [0.1, 0.15) is 68.7 Å². The molecule has 2 N–H and O–H groups in total. The lowest BCUT2D eigenvalue weighted by Gasteiger charge is -2.31. The van der Waals surface area contributed by atoms with Crippen molar-refractivity contribution in [2.45, 2.75) is 52.5 Å². The van der Waals surface area contributed by atoms with Crippen molar-refractivity contribution in [3.63, 3.8) is 0 Å². The van der Waals surface area contributed by atoms with Gasteiger partial charge >= 0.3 is 5.97 Å². The van der Waals surface area contributed by atoms with E-state index in [1.165, 1.54) is 33.4 Å². The lowest BCUT2D eigenvalue weighted by molar-refractivity contribution is -0.144. The lowest BCUT2D eigenvalue weighted by Crippen LogP contribution is -2.46. The highest BCUT2D eigenvalue weighted by Crippen LogP contribution is 2.38. The van der Waals surface area contributed by atoms with E-state index >= 15 is 0 Å². The predicted octanol–water partition coefficient (Wildman–Crippen LogP) is 4.99. The summed E-state index contributed by atoms with van der Waals surface area (Å²) in [6.45, 7) is 6.39. The number of hydrogen-bond acceptors (Lipinski definition) is 3. The lowest BCUT2D eigenvalue weighted by atomic mass is 9.86. The van der Waals surface area contributed by atoms with E-state index in [0.29, 0.717) is 13.1 Å². The van der Waals surface area contributed by atoms with Gasteiger partial charge in [-0.25, -0.2) is 4.79 Å². The Morgan fingerprint density at radius 3 is 1.94 bits per heavy atom. The van der Waals surface area contributed by atoms with Crippen molar-refractivity contribution in [1.29, 1.82) is 0 Å². The standard InChI is InChI=1S/C30H34N2O4/c1-30(2,3)29(36)31-25(28(34)35)14-15-26(33)32-18-16-22(17-19-32)27-23-10-6-4-8-20(23)12-13-21-9-5-7-11-24(21)27/h4-13,25H,14-19H2,1-3H3,(H,31,36)(H,34,35)/t25-/m0/s1. The van der Waals surface area contributed by atoms with Gasteiger partial charge in [0.2, 0.25) is 11.8 Å². The molecule has 1 atom stereocenters. The second-order valence-corrected chi connectivity index (χ2v) is 10.5. The molecule has 4 rings (SSSR count). The van der Waals surface area contributed by atoms with Crippen LogP contribution >= 0.6 is 0 Å². The average molecular weight is 487 g/mol. The Hall–Kier alpha value is -3.67. The van der Waals surface area contributed by atoms with Crippen LogP contribution in [0, 0.1) is 5.41 Å². The summed E-state index contributed by atoms with van der Waals surface area (Å²) in [4.78, 5) is 38.6. The Kier molecular flexibility index (Phi) is 7.43. The molecule has 0 unspecified atom stereocenters. The number of benzene rings is 2. The maximum atomic E-state index is 12.9. The van der Waals surface area contributed by atoms with Crippen LogP contribution < -0.4 is 5.32 Å². The van der Waals surface area contributed by atoms with Crippen LogP contribution in [0.15, 0.2) is 54.1 Å². The SMILES string of the molecule is CC(C)(C)C(=O)N[C@@H](CCC(=O)N1CCC(=C2c3ccccc3C=Cc3ccccc32)CC1)C(=O)O. The Balaban J connectivity index is 1.46. The van der Waals surface area contributed by atoms with Crippen molar-refractivity contribution in [1.82, 2.24) is 10.2 Å². The molecule has 0 spiro atoms. The minimum absolute atomic E-state index is 0.0707. The van der Waals surface area contributed by atoms with Crippen molar-refractivity contribution in [2.75, 3.05) is 13.1 Å². The predicted molar refractivity (Wildman–Crippen MR) is 142 cm³/mol. The quantitative estimate of drug-likeness (QED) is 0.532. The first-order valence-electron chi connectivity index (χ1n) is 12.6. The van der Waals surface area contributed by atoms with E-state index < -0.39 is 17.4 Å². The highest BCUT2D eigenvalue weighted by Gasteiger charge is 2.29. The molecule has 1 aliphatic heterocycles. The molecule has 1 heterocycles. The molecule has 188 valence electrons. The summed E-state index contributed by atoms with van der Waals surface area (Å²) in [7, 11) is 0. The summed E-state index contributed by atoms with van der Waals surface area (Å²) in [6, 6.07) is 15.8. The Morgan fingerprint density at radius 2 is 1.44 bits per heavy atom. The molecule has 0 radical (unpaired) electrons. The molecule has 1 fully saturated rings. The van der Waals surface area contributed by atoms with Crippen molar-refractivity contribution in [2.24, 2.45) is 5.41 Å². The largest absolute Gasteiger partial charge is 0.480 e. The zero-order valence-corrected chi connectivity index (χ0v) is 21.2. The van der Waals surface area contributed by atoms with Gasteiger partial charge in [-0.15, -0.1) is 0 Å². The summed E-state index contributed by atoms with van der Waals surface area (Å²) in [5, 5.41) is 12.1. The van der Waals surface area contributed by atoms with Gasteiger partial charge in [-0.1, -0.05) is 87.0 Å². The number of carbonyl (C=O) groups is 3. The fraction of sp³-hybridized carbons (Fsp3) is 0.367. The summed E-state index contributed by atoms with van der Waals surface area (Å²) < 4.78 is 0. The molecule has 36 heavy (non-hydrogen) atoms. The molecule has 2 aromatic rings. The van der Waals surface area contributed by atoms with E-state index in [9.17, 15) is 19.5 Å². The number of nitrogens with one attached hydrogen (secondary N) is 1. The summed E-state index contributed by atoms with van der Waals surface area (Å²) in [6.07, 6.45) is 6.03. The first-order chi connectivity index (χ1) is 17.1. The maximum Gasteiger partial charge on any atom is 0.326 e. The number of aliphatic carboxylic acids is 1. The molecule has 2 aliphatic rings. The zero-order chi connectivity index (χ0) is 25.9. The first-order valence-corrected chi connectivity index (χ1v) is 12.6. The second kappa shape index (κ2) is 10.5. The van der Waals surface area contributed by atoms with E-state index in [-0.39, 0.29) is 24.7 Å². The Labute approximate surface area is 212 Å². The molecule has 1 saturated heterocycles. The molecule has 2 amide bonds. The van der Waals surface area contributed by atoms with Gasteiger partial charge in [0.25, 0.3) is 0 Å². The summed E-state index contributed by atoms with van der Waals surface area (Å²) in [5.41, 5.74) is 6.70. The highest BCUT2D eigenvalue weighted by atomic mass is 16.4. The van der Waals surface area contributed by atoms with Gasteiger partial charge in [0, 0.05) is 24.9 Å². The Bertz CT molecular complexity index is 1170. The molecule has 6 nitrogen and oxygen atoms in total. The third kappa shape index (κ3) is 5.59. The van der Waals surface area contributed by atoms with Crippen molar-refractivity contribution >= 4 is 35.5 Å². The van der Waals surface area contributed by atoms with Gasteiger partial charge in [-0.05, 0) is 47.1 Å². The third-order valence-corrected chi connectivity index (χ3v) is 6.91. The van der Waals surface area contributed by atoms with E-state index in [1.54, 1.807) is 20.8 Å². The molecule has 6 heteroatoms. The van der Waals surface area contributed by atoms with Crippen molar-refractivity contribution in [3.8, 4) is 0 Å². The molecule has 0 bridgehead atoms. The number of amides is 2. The molecule has 2 aromatic carbocycles. The number of carboxylic acids is 1. The summed E-state index contributed by atoms with van der Waals surface area (Å²) in [5.74, 6) is -1.53. The molecule has 0 saturated carbocycles. The van der Waals surface area contributed by atoms with Crippen LogP contribution in [-0.2, 0) is 14.4 Å². The van der Waals surface area contributed by atoms with Gasteiger partial charge in [0.05, 0.1) is 0 Å². The summed E-state index contributed by atoms with van der Waals surface area (Å²) >= 11 is 0. The number of nitrogens with zero attached hydrogens (tertiary/aromatic N) is 1. The van der Waals surface area contributed by atoms with Crippen LogP contribution in [0.4, 0.5) is 0 Å². The fourth-order valence-electron chi connectivity index (χ4n) is 4.78. The second-order valence-electron chi connectivity index (χ2n) is 10.5. The number of fused-ring (bicyclic) bond motifs is 2. The monoisotopic (exact) mass is 486 g/mol. The zero-order valence-electron chi connectivity index (χ0n) is 21.2. The number of carboxylic acid groups (broad SMARTS) is 1. The first kappa shape index (κ1) is 25.4.